The van der Waals surface area contributed by atoms with Gasteiger partial charge >= 0.3 is 0 Å². The van der Waals surface area contributed by atoms with Gasteiger partial charge in [0.2, 0.25) is 0 Å². The molecule has 1 saturated heterocycles. The van der Waals surface area contributed by atoms with Gasteiger partial charge in [-0.15, -0.1) is 0 Å². The van der Waals surface area contributed by atoms with Crippen molar-refractivity contribution in [3.05, 3.63) is 29.4 Å². The maximum Gasteiger partial charge on any atom is 0.158 e. The topological polar surface area (TPSA) is 107 Å². The molecule has 0 bridgehead atoms. The van der Waals surface area contributed by atoms with Gasteiger partial charge in [0.15, 0.2) is 5.82 Å². The number of piperidine rings is 1. The maximum absolute atomic E-state index is 6.22. The largest absolute Gasteiger partial charge is 0.397 e. The molecule has 2 aromatic rings. The van der Waals surface area contributed by atoms with Crippen molar-refractivity contribution in [2.24, 2.45) is 5.73 Å². The Morgan fingerprint density at radius 2 is 1.96 bits per heavy atom. The van der Waals surface area contributed by atoms with Gasteiger partial charge in [0.1, 0.15) is 10.8 Å². The van der Waals surface area contributed by atoms with E-state index in [1.54, 1.807) is 12.3 Å². The molecule has 1 aliphatic rings. The number of nitrogens with two attached hydrogens (primary N) is 3. The monoisotopic (exact) mass is 364 g/mol. The molecule has 1 aliphatic heterocycles. The van der Waals surface area contributed by atoms with Crippen LogP contribution in [-0.4, -0.2) is 28.6 Å². The zero-order chi connectivity index (χ0) is 17.3. The van der Waals surface area contributed by atoms with Gasteiger partial charge in [-0.05, 0) is 31.9 Å². The summed E-state index contributed by atoms with van der Waals surface area (Å²) < 4.78 is 0. The van der Waals surface area contributed by atoms with Crippen LogP contribution in [0.3, 0.4) is 0 Å². The van der Waals surface area contributed by atoms with Crippen molar-refractivity contribution in [3.8, 4) is 0 Å². The van der Waals surface area contributed by atoms with Crippen LogP contribution in [0, 0.1) is 0 Å². The third-order valence-electron chi connectivity index (χ3n) is 4.18. The van der Waals surface area contributed by atoms with E-state index in [4.69, 9.17) is 28.8 Å². The Hall–Kier alpha value is -1.70. The van der Waals surface area contributed by atoms with Crippen LogP contribution < -0.4 is 22.1 Å². The molecule has 128 valence electrons. The Morgan fingerprint density at radius 3 is 2.62 bits per heavy atom. The molecule has 0 unspecified atom stereocenters. The summed E-state index contributed by atoms with van der Waals surface area (Å²) in [5.41, 5.74) is 18.5. The van der Waals surface area contributed by atoms with Crippen LogP contribution in [0.2, 0.25) is 5.02 Å². The first-order chi connectivity index (χ1) is 11.4. The lowest BCUT2D eigenvalue weighted by Gasteiger charge is -2.37. The Morgan fingerprint density at radius 1 is 1.25 bits per heavy atom. The molecule has 8 heteroatoms. The van der Waals surface area contributed by atoms with Crippen LogP contribution in [0.15, 0.2) is 34.3 Å². The number of anilines is 3. The first kappa shape index (κ1) is 17.1. The minimum atomic E-state index is -0.102. The zero-order valence-electron chi connectivity index (χ0n) is 13.5. The predicted octanol–water partition coefficient (Wildman–Crippen LogP) is 2.76. The Labute approximate surface area is 150 Å². The van der Waals surface area contributed by atoms with Crippen LogP contribution in [-0.2, 0) is 0 Å². The molecule has 2 heterocycles. The van der Waals surface area contributed by atoms with Crippen molar-refractivity contribution in [1.29, 1.82) is 0 Å². The van der Waals surface area contributed by atoms with E-state index in [-0.39, 0.29) is 5.54 Å². The first-order valence-electron chi connectivity index (χ1n) is 7.74. The summed E-state index contributed by atoms with van der Waals surface area (Å²) in [7, 11) is 0. The minimum absolute atomic E-state index is 0.102. The highest BCUT2D eigenvalue weighted by Crippen LogP contribution is 2.37. The van der Waals surface area contributed by atoms with Gasteiger partial charge in [-0.1, -0.05) is 29.4 Å². The van der Waals surface area contributed by atoms with Crippen molar-refractivity contribution in [3.63, 3.8) is 0 Å². The molecule has 0 saturated carbocycles. The van der Waals surface area contributed by atoms with Gasteiger partial charge in [-0.3, -0.25) is 0 Å². The molecule has 24 heavy (non-hydrogen) atoms. The number of rotatable bonds is 3. The normalized spacial score (nSPS) is 17.0. The fraction of sp³-hybridized carbons (Fsp3) is 0.375. The van der Waals surface area contributed by atoms with Gasteiger partial charge in [-0.25, -0.2) is 9.97 Å². The van der Waals surface area contributed by atoms with Gasteiger partial charge in [0, 0.05) is 23.5 Å². The summed E-state index contributed by atoms with van der Waals surface area (Å²) in [6, 6.07) is 5.48. The van der Waals surface area contributed by atoms with E-state index in [2.05, 4.69) is 21.8 Å². The fourth-order valence-electron chi connectivity index (χ4n) is 2.57. The number of benzene rings is 1. The average molecular weight is 365 g/mol. The summed E-state index contributed by atoms with van der Waals surface area (Å²) >= 11 is 7.58. The molecular weight excluding hydrogens is 344 g/mol. The van der Waals surface area contributed by atoms with E-state index in [0.29, 0.717) is 21.6 Å². The van der Waals surface area contributed by atoms with E-state index in [1.807, 2.05) is 12.1 Å². The van der Waals surface area contributed by atoms with Crippen molar-refractivity contribution in [2.45, 2.75) is 35.2 Å². The number of nitrogen functional groups attached to an aromatic ring is 2. The molecular formula is C16H21ClN6S. The number of aromatic nitrogens is 2. The maximum atomic E-state index is 6.22. The van der Waals surface area contributed by atoms with Crippen molar-refractivity contribution in [1.82, 2.24) is 9.97 Å². The molecule has 0 atom stereocenters. The third kappa shape index (κ3) is 3.68. The van der Waals surface area contributed by atoms with E-state index >= 15 is 0 Å². The SMILES string of the molecule is CC1(N)CCN(c2cnc(Sc3cccc(N)c3Cl)c(N)n2)CC1. The van der Waals surface area contributed by atoms with Gasteiger partial charge in [0.05, 0.1) is 16.9 Å². The van der Waals surface area contributed by atoms with Crippen molar-refractivity contribution >= 4 is 40.7 Å². The second-order valence-corrected chi connectivity index (χ2v) is 7.73. The second-order valence-electron chi connectivity index (χ2n) is 6.32. The van der Waals surface area contributed by atoms with Crippen LogP contribution in [0.4, 0.5) is 17.3 Å². The summed E-state index contributed by atoms with van der Waals surface area (Å²) in [6.07, 6.45) is 3.59. The molecule has 0 radical (unpaired) electrons. The number of hydrogen-bond donors (Lipinski definition) is 3. The second kappa shape index (κ2) is 6.66. The average Bonchev–Trinajstić information content (AvgIpc) is 2.53. The van der Waals surface area contributed by atoms with E-state index < -0.39 is 0 Å². The number of nitrogens with zero attached hydrogens (tertiary/aromatic N) is 3. The summed E-state index contributed by atoms with van der Waals surface area (Å²) in [4.78, 5) is 11.9. The molecule has 0 aliphatic carbocycles. The highest BCUT2D eigenvalue weighted by molar-refractivity contribution is 7.99. The highest BCUT2D eigenvalue weighted by atomic mass is 35.5. The smallest absolute Gasteiger partial charge is 0.158 e. The van der Waals surface area contributed by atoms with Gasteiger partial charge < -0.3 is 22.1 Å². The Balaban J connectivity index is 1.77. The molecule has 0 spiro atoms. The van der Waals surface area contributed by atoms with E-state index in [1.165, 1.54) is 11.8 Å². The molecule has 6 nitrogen and oxygen atoms in total. The van der Waals surface area contributed by atoms with Crippen LogP contribution in [0.5, 0.6) is 0 Å². The summed E-state index contributed by atoms with van der Waals surface area (Å²) in [5.74, 6) is 1.17. The quantitative estimate of drug-likeness (QED) is 0.718. The van der Waals surface area contributed by atoms with Crippen LogP contribution >= 0.6 is 23.4 Å². The van der Waals surface area contributed by atoms with Crippen molar-refractivity contribution < 1.29 is 0 Å². The van der Waals surface area contributed by atoms with Gasteiger partial charge in [0.25, 0.3) is 0 Å². The van der Waals surface area contributed by atoms with Crippen LogP contribution in [0.25, 0.3) is 0 Å². The standard InChI is InChI=1S/C16H21ClN6S/c1-16(20)5-7-23(8-6-16)12-9-21-15(14(19)22-12)24-11-4-2-3-10(18)13(11)17/h2-4,9H,5-8,18,20H2,1H3,(H2,19,22). The number of halogens is 1. The Kier molecular flexibility index (Phi) is 4.76. The molecule has 3 rings (SSSR count). The molecule has 1 aromatic heterocycles. The summed E-state index contributed by atoms with van der Waals surface area (Å²) in [5, 5.41) is 1.12. The Bertz CT molecular complexity index is 741. The minimum Gasteiger partial charge on any atom is -0.397 e. The van der Waals surface area contributed by atoms with Crippen LogP contribution in [0.1, 0.15) is 19.8 Å². The first-order valence-corrected chi connectivity index (χ1v) is 8.93. The lowest BCUT2D eigenvalue weighted by atomic mass is 9.91. The zero-order valence-corrected chi connectivity index (χ0v) is 15.1. The lowest BCUT2D eigenvalue weighted by molar-refractivity contribution is 0.363. The van der Waals surface area contributed by atoms with E-state index in [0.717, 1.165) is 36.6 Å². The molecule has 1 aromatic carbocycles. The fourth-order valence-corrected chi connectivity index (χ4v) is 3.63. The summed E-state index contributed by atoms with van der Waals surface area (Å²) in [6.45, 7) is 3.79. The number of hydrogen-bond acceptors (Lipinski definition) is 7. The third-order valence-corrected chi connectivity index (χ3v) is 5.78. The molecule has 1 fully saturated rings. The molecule has 6 N–H and O–H groups in total. The van der Waals surface area contributed by atoms with Gasteiger partial charge in [-0.2, -0.15) is 0 Å². The lowest BCUT2D eigenvalue weighted by Crippen LogP contribution is -2.48. The van der Waals surface area contributed by atoms with Crippen molar-refractivity contribution in [2.75, 3.05) is 29.5 Å². The molecule has 0 amide bonds. The van der Waals surface area contributed by atoms with E-state index in [9.17, 15) is 0 Å². The predicted molar refractivity (Wildman–Crippen MR) is 100 cm³/mol. The highest BCUT2D eigenvalue weighted by Gasteiger charge is 2.27.